The predicted octanol–water partition coefficient (Wildman–Crippen LogP) is 2.75. The lowest BCUT2D eigenvalue weighted by atomic mass is 9.82. The third-order valence-electron chi connectivity index (χ3n) is 3.76. The van der Waals surface area contributed by atoms with E-state index >= 15 is 0 Å². The van der Waals surface area contributed by atoms with Gasteiger partial charge < -0.3 is 10.2 Å². The number of nitrogens with two attached hydrogens (primary N) is 1. The molecular weight excluding hydrogens is 190 g/mol. The van der Waals surface area contributed by atoms with E-state index in [1.165, 1.54) is 0 Å². The molecular formula is C11H25NOSi. The molecule has 3 heteroatoms. The molecule has 0 heterocycles. The van der Waals surface area contributed by atoms with Crippen LogP contribution in [0.2, 0.25) is 18.1 Å². The van der Waals surface area contributed by atoms with E-state index in [4.69, 9.17) is 10.2 Å². The van der Waals surface area contributed by atoms with Gasteiger partial charge in [-0.1, -0.05) is 20.8 Å². The van der Waals surface area contributed by atoms with E-state index in [9.17, 15) is 0 Å². The van der Waals surface area contributed by atoms with E-state index < -0.39 is 8.32 Å². The zero-order chi connectivity index (χ0) is 11.0. The lowest BCUT2D eigenvalue weighted by Gasteiger charge is -2.40. The van der Waals surface area contributed by atoms with Gasteiger partial charge in [-0.25, -0.2) is 0 Å². The average molecular weight is 215 g/mol. The quantitative estimate of drug-likeness (QED) is 0.735. The van der Waals surface area contributed by atoms with Crippen LogP contribution < -0.4 is 5.73 Å². The summed E-state index contributed by atoms with van der Waals surface area (Å²) in [6.07, 6.45) is 2.32. The molecule has 0 spiro atoms. The van der Waals surface area contributed by atoms with Gasteiger partial charge in [-0.05, 0) is 36.9 Å². The molecule has 1 fully saturated rings. The van der Waals surface area contributed by atoms with Gasteiger partial charge in [0.25, 0.3) is 0 Å². The second-order valence-electron chi connectivity index (χ2n) is 6.17. The molecule has 0 aliphatic heterocycles. The Hall–Kier alpha value is 0.137. The Balaban J connectivity index is 2.30. The monoisotopic (exact) mass is 215 g/mol. The Bertz CT molecular complexity index is 192. The molecule has 2 nitrogen and oxygen atoms in total. The van der Waals surface area contributed by atoms with Gasteiger partial charge in [-0.15, -0.1) is 0 Å². The van der Waals surface area contributed by atoms with Crippen LogP contribution in [0.3, 0.4) is 0 Å². The Morgan fingerprint density at radius 1 is 1.29 bits per heavy atom. The van der Waals surface area contributed by atoms with Gasteiger partial charge in [0.05, 0.1) is 0 Å². The first kappa shape index (κ1) is 12.2. The van der Waals surface area contributed by atoms with Crippen LogP contribution in [0.5, 0.6) is 0 Å². The Morgan fingerprint density at radius 3 is 2.14 bits per heavy atom. The fraction of sp³-hybridized carbons (Fsp3) is 1.00. The molecule has 0 aromatic carbocycles. The van der Waals surface area contributed by atoms with Gasteiger partial charge in [0.15, 0.2) is 8.32 Å². The molecule has 0 atom stereocenters. The highest BCUT2D eigenvalue weighted by molar-refractivity contribution is 6.74. The van der Waals surface area contributed by atoms with Crippen molar-refractivity contribution in [1.29, 1.82) is 0 Å². The molecule has 1 aliphatic rings. The molecule has 0 bridgehead atoms. The molecule has 1 aliphatic carbocycles. The van der Waals surface area contributed by atoms with Crippen molar-refractivity contribution < 1.29 is 4.43 Å². The van der Waals surface area contributed by atoms with Crippen LogP contribution >= 0.6 is 0 Å². The molecule has 1 saturated carbocycles. The van der Waals surface area contributed by atoms with Gasteiger partial charge in [0.1, 0.15) is 0 Å². The summed E-state index contributed by atoms with van der Waals surface area (Å²) in [5, 5.41) is 0.332. The minimum absolute atomic E-state index is 0.332. The largest absolute Gasteiger partial charge is 0.417 e. The van der Waals surface area contributed by atoms with Crippen LogP contribution in [-0.2, 0) is 4.43 Å². The van der Waals surface area contributed by atoms with Gasteiger partial charge >= 0.3 is 0 Å². The molecule has 0 aromatic rings. The van der Waals surface area contributed by atoms with E-state index in [0.717, 1.165) is 25.4 Å². The summed E-state index contributed by atoms with van der Waals surface area (Å²) < 4.78 is 6.13. The summed E-state index contributed by atoms with van der Waals surface area (Å²) in [7, 11) is -1.51. The highest BCUT2D eigenvalue weighted by Gasteiger charge is 2.38. The first-order valence-electron chi connectivity index (χ1n) is 5.62. The van der Waals surface area contributed by atoms with Gasteiger partial charge in [-0.2, -0.15) is 0 Å². The first-order valence-corrected chi connectivity index (χ1v) is 8.53. The molecule has 0 unspecified atom stereocenters. The number of hydrogen-bond donors (Lipinski definition) is 1. The van der Waals surface area contributed by atoms with Crippen molar-refractivity contribution in [2.75, 3.05) is 6.61 Å². The molecule has 0 amide bonds. The molecule has 1 rings (SSSR count). The molecule has 0 saturated heterocycles. The minimum atomic E-state index is -1.51. The van der Waals surface area contributed by atoms with Crippen LogP contribution in [0.15, 0.2) is 0 Å². The standard InChI is InChI=1S/C11H25NOSi/c1-11(2,3)14(4,5)13-8-9-6-10(12)7-9/h9-10H,6-8,12H2,1-5H3/t9-,10+. The molecule has 0 aromatic heterocycles. The summed E-state index contributed by atoms with van der Waals surface area (Å²) in [6, 6.07) is 0.447. The highest BCUT2D eigenvalue weighted by atomic mass is 28.4. The van der Waals surface area contributed by atoms with Crippen molar-refractivity contribution in [3.63, 3.8) is 0 Å². The maximum Gasteiger partial charge on any atom is 0.191 e. The fourth-order valence-corrected chi connectivity index (χ4v) is 2.55. The highest BCUT2D eigenvalue weighted by Crippen LogP contribution is 2.38. The average Bonchev–Trinajstić information content (AvgIpc) is 1.93. The predicted molar refractivity (Wildman–Crippen MR) is 63.8 cm³/mol. The number of hydrogen-bond acceptors (Lipinski definition) is 2. The van der Waals surface area contributed by atoms with Crippen molar-refractivity contribution in [3.8, 4) is 0 Å². The van der Waals surface area contributed by atoms with E-state index in [2.05, 4.69) is 33.9 Å². The Kier molecular flexibility index (Phi) is 3.44. The summed E-state index contributed by atoms with van der Waals surface area (Å²) in [6.45, 7) is 12.4. The smallest absolute Gasteiger partial charge is 0.191 e. The van der Waals surface area contributed by atoms with Crippen LogP contribution in [-0.4, -0.2) is 21.0 Å². The Morgan fingerprint density at radius 2 is 1.79 bits per heavy atom. The zero-order valence-corrected chi connectivity index (χ0v) is 11.3. The van der Waals surface area contributed by atoms with E-state index in [-0.39, 0.29) is 0 Å². The zero-order valence-electron chi connectivity index (χ0n) is 10.3. The lowest BCUT2D eigenvalue weighted by Crippen LogP contribution is -2.45. The van der Waals surface area contributed by atoms with Crippen molar-refractivity contribution in [2.45, 2.75) is 57.8 Å². The maximum atomic E-state index is 6.13. The van der Waals surface area contributed by atoms with Crippen molar-refractivity contribution in [3.05, 3.63) is 0 Å². The normalized spacial score (nSPS) is 28.7. The molecule has 14 heavy (non-hydrogen) atoms. The van der Waals surface area contributed by atoms with Crippen molar-refractivity contribution >= 4 is 8.32 Å². The Labute approximate surface area is 89.3 Å². The second kappa shape index (κ2) is 3.95. The van der Waals surface area contributed by atoms with Crippen molar-refractivity contribution in [2.24, 2.45) is 11.7 Å². The van der Waals surface area contributed by atoms with E-state index in [0.29, 0.717) is 11.1 Å². The topological polar surface area (TPSA) is 35.2 Å². The van der Waals surface area contributed by atoms with Gasteiger partial charge in [0, 0.05) is 12.6 Å². The maximum absolute atomic E-state index is 6.13. The second-order valence-corrected chi connectivity index (χ2v) is 11.0. The third-order valence-corrected chi connectivity index (χ3v) is 8.26. The first-order chi connectivity index (χ1) is 6.22. The number of rotatable bonds is 3. The summed E-state index contributed by atoms with van der Waals surface area (Å²) in [5.41, 5.74) is 5.75. The lowest BCUT2D eigenvalue weighted by molar-refractivity contribution is 0.148. The van der Waals surface area contributed by atoms with E-state index in [1.54, 1.807) is 0 Å². The third kappa shape index (κ3) is 2.81. The van der Waals surface area contributed by atoms with E-state index in [1.807, 2.05) is 0 Å². The van der Waals surface area contributed by atoms with Crippen LogP contribution in [0.4, 0.5) is 0 Å². The van der Waals surface area contributed by atoms with Gasteiger partial charge in [0.2, 0.25) is 0 Å². The van der Waals surface area contributed by atoms with Crippen LogP contribution in [0, 0.1) is 5.92 Å². The van der Waals surface area contributed by atoms with Crippen LogP contribution in [0.25, 0.3) is 0 Å². The fourth-order valence-electron chi connectivity index (χ4n) is 1.47. The molecule has 2 N–H and O–H groups in total. The molecule has 0 radical (unpaired) electrons. The SMILES string of the molecule is CC(C)(C)[Si](C)(C)OC[C@H]1C[C@@H](N)C1. The van der Waals surface area contributed by atoms with Crippen molar-refractivity contribution in [1.82, 2.24) is 0 Å². The summed E-state index contributed by atoms with van der Waals surface area (Å²) >= 11 is 0. The summed E-state index contributed by atoms with van der Waals surface area (Å²) in [5.74, 6) is 0.735. The minimum Gasteiger partial charge on any atom is -0.417 e. The summed E-state index contributed by atoms with van der Waals surface area (Å²) in [4.78, 5) is 0. The van der Waals surface area contributed by atoms with Crippen LogP contribution in [0.1, 0.15) is 33.6 Å². The van der Waals surface area contributed by atoms with Gasteiger partial charge in [-0.3, -0.25) is 0 Å². The molecule has 84 valence electrons.